The smallest absolute Gasteiger partial charge is 0.0629 e. The lowest BCUT2D eigenvalue weighted by Crippen LogP contribution is -2.28. The van der Waals surface area contributed by atoms with Gasteiger partial charge in [0.2, 0.25) is 0 Å². The monoisotopic (exact) mass is 562 g/mol. The first kappa shape index (κ1) is 24.9. The molecule has 0 radical (unpaired) electrons. The number of anilines is 2. The van der Waals surface area contributed by atoms with Crippen molar-refractivity contribution in [2.75, 3.05) is 4.90 Å². The van der Waals surface area contributed by atoms with Crippen molar-refractivity contribution in [3.63, 3.8) is 0 Å². The summed E-state index contributed by atoms with van der Waals surface area (Å²) in [5.74, 6) is 0.271. The Morgan fingerprint density at radius 1 is 0.432 bits per heavy atom. The van der Waals surface area contributed by atoms with Gasteiger partial charge in [-0.2, -0.15) is 0 Å². The largest absolute Gasteiger partial charge is 0.333 e. The number of rotatable bonds is 4. The van der Waals surface area contributed by atoms with Gasteiger partial charge in [-0.1, -0.05) is 127 Å². The van der Waals surface area contributed by atoms with E-state index in [1.807, 2.05) is 0 Å². The summed E-state index contributed by atoms with van der Waals surface area (Å²) < 4.78 is 2.44. The summed E-state index contributed by atoms with van der Waals surface area (Å²) in [6.45, 7) is 0. The van der Waals surface area contributed by atoms with Gasteiger partial charge in [-0.05, 0) is 70.3 Å². The zero-order valence-corrected chi connectivity index (χ0v) is 24.2. The van der Waals surface area contributed by atoms with Crippen molar-refractivity contribution >= 4 is 33.2 Å². The Kier molecular flexibility index (Phi) is 5.67. The predicted molar refractivity (Wildman–Crippen MR) is 185 cm³/mol. The lowest BCUT2D eigenvalue weighted by molar-refractivity contribution is 0.747. The van der Waals surface area contributed by atoms with Crippen LogP contribution >= 0.6 is 0 Å². The Morgan fingerprint density at radius 2 is 1.00 bits per heavy atom. The number of para-hydroxylation sites is 1. The van der Waals surface area contributed by atoms with Crippen LogP contribution in [0, 0.1) is 0 Å². The molecule has 1 aliphatic heterocycles. The Labute approximate surface area is 257 Å². The second-order valence-corrected chi connectivity index (χ2v) is 11.7. The van der Waals surface area contributed by atoms with Gasteiger partial charge < -0.3 is 9.47 Å². The van der Waals surface area contributed by atoms with Crippen LogP contribution in [0.1, 0.15) is 11.5 Å². The van der Waals surface area contributed by atoms with Gasteiger partial charge >= 0.3 is 0 Å². The molecule has 0 saturated carbocycles. The molecule has 6 aromatic carbocycles. The van der Waals surface area contributed by atoms with Gasteiger partial charge in [0.1, 0.15) is 0 Å². The Morgan fingerprint density at radius 3 is 1.68 bits per heavy atom. The molecule has 2 aliphatic rings. The molecule has 208 valence electrons. The van der Waals surface area contributed by atoms with Crippen LogP contribution in [0.2, 0.25) is 0 Å². The van der Waals surface area contributed by atoms with Crippen molar-refractivity contribution in [2.24, 2.45) is 0 Å². The standard InChI is InChI=1S/C42H30N2/c1-3-11-29(12-4-1)31-19-23-33(24-20-31)43-37-17-9-7-15-35(37)41-39(43)27-28-40-42(41)36-16-8-10-18-38(36)44(40)34-25-21-32(22-26-34)30-13-5-2-6-14-30/h1-28,35,37H. The Bertz CT molecular complexity index is 2200. The first-order chi connectivity index (χ1) is 21.8. The molecule has 0 fully saturated rings. The zero-order chi connectivity index (χ0) is 29.0. The maximum Gasteiger partial charge on any atom is 0.0629 e. The molecule has 2 heterocycles. The van der Waals surface area contributed by atoms with E-state index in [1.54, 1.807) is 0 Å². The number of fused-ring (bicyclic) bond motifs is 7. The van der Waals surface area contributed by atoms with E-state index < -0.39 is 0 Å². The molecule has 0 spiro atoms. The number of allylic oxidation sites excluding steroid dienone is 2. The minimum Gasteiger partial charge on any atom is -0.333 e. The first-order valence-corrected chi connectivity index (χ1v) is 15.4. The number of hydrogen-bond acceptors (Lipinski definition) is 1. The number of hydrogen-bond donors (Lipinski definition) is 0. The molecule has 0 saturated heterocycles. The fourth-order valence-electron chi connectivity index (χ4n) is 7.36. The van der Waals surface area contributed by atoms with Gasteiger partial charge in [-0.25, -0.2) is 0 Å². The Hall–Kier alpha value is -5.60. The van der Waals surface area contributed by atoms with E-state index >= 15 is 0 Å². The van der Waals surface area contributed by atoms with Crippen LogP contribution in [0.5, 0.6) is 0 Å². The van der Waals surface area contributed by atoms with Crippen molar-refractivity contribution in [3.05, 3.63) is 175 Å². The second-order valence-electron chi connectivity index (χ2n) is 11.7. The van der Waals surface area contributed by atoms with Crippen LogP contribution < -0.4 is 4.90 Å². The summed E-state index contributed by atoms with van der Waals surface area (Å²) in [6, 6.07) is 53.1. The van der Waals surface area contributed by atoms with Crippen LogP contribution in [-0.2, 0) is 0 Å². The average Bonchev–Trinajstić information content (AvgIpc) is 3.62. The van der Waals surface area contributed by atoms with E-state index in [1.165, 1.54) is 66.7 Å². The molecule has 0 N–H and O–H groups in total. The molecular formula is C42H30N2. The van der Waals surface area contributed by atoms with Crippen molar-refractivity contribution in [3.8, 4) is 27.9 Å². The van der Waals surface area contributed by atoms with E-state index in [4.69, 9.17) is 0 Å². The van der Waals surface area contributed by atoms with E-state index in [9.17, 15) is 0 Å². The van der Waals surface area contributed by atoms with Gasteiger partial charge in [0.05, 0.1) is 17.1 Å². The lowest BCUT2D eigenvalue weighted by Gasteiger charge is -2.28. The average molecular weight is 563 g/mol. The highest BCUT2D eigenvalue weighted by molar-refractivity contribution is 6.13. The third kappa shape index (κ3) is 3.81. The summed E-state index contributed by atoms with van der Waals surface area (Å²) in [7, 11) is 0. The van der Waals surface area contributed by atoms with E-state index in [0.29, 0.717) is 0 Å². The third-order valence-corrected chi connectivity index (χ3v) is 9.34. The summed E-state index contributed by atoms with van der Waals surface area (Å²) >= 11 is 0. The highest BCUT2D eigenvalue weighted by Crippen LogP contribution is 2.52. The summed E-state index contributed by atoms with van der Waals surface area (Å²) in [6.07, 6.45) is 9.17. The number of nitrogens with zero attached hydrogens (tertiary/aromatic N) is 2. The summed E-state index contributed by atoms with van der Waals surface area (Å²) in [5.41, 5.74) is 12.5. The first-order valence-electron chi connectivity index (χ1n) is 15.4. The van der Waals surface area contributed by atoms with Crippen molar-refractivity contribution in [1.82, 2.24) is 4.57 Å². The molecule has 0 bridgehead atoms. The fourth-order valence-corrected chi connectivity index (χ4v) is 7.36. The fraction of sp³-hybridized carbons (Fsp3) is 0.0476. The molecular weight excluding hydrogens is 532 g/mol. The number of aromatic nitrogens is 1. The Balaban J connectivity index is 1.22. The second kappa shape index (κ2) is 10.00. The quantitative estimate of drug-likeness (QED) is 0.207. The van der Waals surface area contributed by atoms with E-state index in [0.717, 1.165) is 0 Å². The minimum absolute atomic E-state index is 0.232. The molecule has 2 unspecified atom stereocenters. The van der Waals surface area contributed by atoms with Crippen molar-refractivity contribution in [1.29, 1.82) is 0 Å². The predicted octanol–water partition coefficient (Wildman–Crippen LogP) is 10.8. The van der Waals surface area contributed by atoms with Gasteiger partial charge in [0.25, 0.3) is 0 Å². The minimum atomic E-state index is 0.232. The highest BCUT2D eigenvalue weighted by Gasteiger charge is 2.39. The van der Waals surface area contributed by atoms with Crippen LogP contribution in [0.25, 0.3) is 49.7 Å². The highest BCUT2D eigenvalue weighted by atomic mass is 15.2. The van der Waals surface area contributed by atoms with Crippen LogP contribution in [0.3, 0.4) is 0 Å². The van der Waals surface area contributed by atoms with Crippen molar-refractivity contribution in [2.45, 2.75) is 12.0 Å². The molecule has 2 heteroatoms. The lowest BCUT2D eigenvalue weighted by atomic mass is 9.88. The zero-order valence-electron chi connectivity index (χ0n) is 24.2. The maximum atomic E-state index is 2.54. The van der Waals surface area contributed by atoms with E-state index in [2.05, 4.69) is 179 Å². The SMILES string of the molecule is C1=CC2c3c(ccc4c3c3ccccc3n4-c3ccc(-c4ccccc4)cc3)N(c3ccc(-c4ccccc4)cc3)C2C=C1. The molecule has 1 aliphatic carbocycles. The molecule has 1 aromatic heterocycles. The van der Waals surface area contributed by atoms with Crippen LogP contribution in [0.4, 0.5) is 11.4 Å². The van der Waals surface area contributed by atoms with Crippen LogP contribution in [-0.4, -0.2) is 10.6 Å². The molecule has 0 amide bonds. The summed E-state index contributed by atoms with van der Waals surface area (Å²) in [4.78, 5) is 2.54. The molecule has 2 atom stereocenters. The molecule has 2 nitrogen and oxygen atoms in total. The van der Waals surface area contributed by atoms with Crippen LogP contribution in [0.15, 0.2) is 170 Å². The molecule has 44 heavy (non-hydrogen) atoms. The molecule has 9 rings (SSSR count). The van der Waals surface area contributed by atoms with E-state index in [-0.39, 0.29) is 12.0 Å². The number of benzene rings is 6. The third-order valence-electron chi connectivity index (χ3n) is 9.34. The molecule has 7 aromatic rings. The van der Waals surface area contributed by atoms with Gasteiger partial charge in [-0.15, -0.1) is 0 Å². The maximum absolute atomic E-state index is 2.54. The normalized spacial score (nSPS) is 16.9. The summed E-state index contributed by atoms with van der Waals surface area (Å²) in [5, 5.41) is 2.65. The topological polar surface area (TPSA) is 8.17 Å². The van der Waals surface area contributed by atoms with Gasteiger partial charge in [0, 0.05) is 33.8 Å². The van der Waals surface area contributed by atoms with Crippen molar-refractivity contribution < 1.29 is 0 Å². The van der Waals surface area contributed by atoms with Gasteiger partial charge in [-0.3, -0.25) is 0 Å². The van der Waals surface area contributed by atoms with Gasteiger partial charge in [0.15, 0.2) is 0 Å².